The van der Waals surface area contributed by atoms with Gasteiger partial charge in [0.15, 0.2) is 5.89 Å². The van der Waals surface area contributed by atoms with E-state index in [9.17, 15) is 0 Å². The maximum atomic E-state index is 5.93. The van der Waals surface area contributed by atoms with Crippen molar-refractivity contribution >= 4 is 0 Å². The van der Waals surface area contributed by atoms with E-state index in [1.54, 1.807) is 0 Å². The third kappa shape index (κ3) is 3.14. The van der Waals surface area contributed by atoms with Gasteiger partial charge < -0.3 is 9.73 Å². The van der Waals surface area contributed by atoms with Gasteiger partial charge in [-0.15, -0.1) is 0 Å². The van der Waals surface area contributed by atoms with Gasteiger partial charge in [0.1, 0.15) is 5.76 Å². The Labute approximate surface area is 110 Å². The maximum Gasteiger partial charge on any atom is 0.195 e. The molecule has 0 aliphatic heterocycles. The van der Waals surface area contributed by atoms with E-state index in [0.717, 1.165) is 24.6 Å². The minimum absolute atomic E-state index is 0.368. The lowest BCUT2D eigenvalue weighted by Gasteiger charge is -2.24. The van der Waals surface area contributed by atoms with Crippen molar-refractivity contribution < 1.29 is 4.42 Å². The molecule has 1 saturated carbocycles. The highest BCUT2D eigenvalue weighted by Gasteiger charge is 2.37. The lowest BCUT2D eigenvalue weighted by molar-refractivity contribution is 0.287. The van der Waals surface area contributed by atoms with Gasteiger partial charge in [-0.2, -0.15) is 0 Å². The van der Waals surface area contributed by atoms with Gasteiger partial charge in [0.2, 0.25) is 0 Å². The molecule has 0 amide bonds. The standard InChI is InChI=1S/C15H26N2O/c1-11(2)16-9-7-14-17-10-13(18-14)12-6-5-8-15(12,3)4/h10-12,16H,5-9H2,1-4H3. The zero-order valence-corrected chi connectivity index (χ0v) is 12.1. The number of aromatic nitrogens is 1. The number of nitrogens with one attached hydrogen (secondary N) is 1. The fourth-order valence-electron chi connectivity index (χ4n) is 2.92. The second-order valence-electron chi connectivity index (χ2n) is 6.45. The average molecular weight is 250 g/mol. The maximum absolute atomic E-state index is 5.93. The van der Waals surface area contributed by atoms with Gasteiger partial charge in [-0.25, -0.2) is 4.98 Å². The van der Waals surface area contributed by atoms with Crippen molar-refractivity contribution in [1.82, 2.24) is 10.3 Å². The van der Waals surface area contributed by atoms with Gasteiger partial charge >= 0.3 is 0 Å². The normalized spacial score (nSPS) is 22.8. The minimum Gasteiger partial charge on any atom is -0.445 e. The lowest BCUT2D eigenvalue weighted by atomic mass is 9.81. The first-order valence-electron chi connectivity index (χ1n) is 7.17. The highest BCUT2D eigenvalue weighted by atomic mass is 16.4. The molecule has 102 valence electrons. The Morgan fingerprint density at radius 1 is 1.50 bits per heavy atom. The molecule has 1 aliphatic rings. The quantitative estimate of drug-likeness (QED) is 0.869. The molecule has 1 heterocycles. The van der Waals surface area contributed by atoms with Crippen molar-refractivity contribution in [3.63, 3.8) is 0 Å². The van der Waals surface area contributed by atoms with Gasteiger partial charge in [0.25, 0.3) is 0 Å². The van der Waals surface area contributed by atoms with E-state index < -0.39 is 0 Å². The van der Waals surface area contributed by atoms with Crippen LogP contribution >= 0.6 is 0 Å². The number of nitrogens with zero attached hydrogens (tertiary/aromatic N) is 1. The molecule has 3 heteroatoms. The van der Waals surface area contributed by atoms with E-state index in [4.69, 9.17) is 4.42 Å². The van der Waals surface area contributed by atoms with Crippen LogP contribution in [0.5, 0.6) is 0 Å². The van der Waals surface area contributed by atoms with E-state index in [1.165, 1.54) is 19.3 Å². The summed E-state index contributed by atoms with van der Waals surface area (Å²) >= 11 is 0. The van der Waals surface area contributed by atoms with Crippen LogP contribution in [0.1, 0.15) is 64.5 Å². The number of hydrogen-bond donors (Lipinski definition) is 1. The van der Waals surface area contributed by atoms with Crippen LogP contribution in [-0.2, 0) is 6.42 Å². The Morgan fingerprint density at radius 2 is 2.28 bits per heavy atom. The van der Waals surface area contributed by atoms with Crippen LogP contribution in [0.2, 0.25) is 0 Å². The second kappa shape index (κ2) is 5.43. The Balaban J connectivity index is 1.94. The monoisotopic (exact) mass is 250 g/mol. The van der Waals surface area contributed by atoms with Gasteiger partial charge in [0.05, 0.1) is 6.20 Å². The highest BCUT2D eigenvalue weighted by Crippen LogP contribution is 2.48. The molecule has 3 nitrogen and oxygen atoms in total. The third-order valence-electron chi connectivity index (χ3n) is 4.06. The Kier molecular flexibility index (Phi) is 4.10. The first-order chi connectivity index (χ1) is 8.49. The van der Waals surface area contributed by atoms with Crippen LogP contribution in [0.4, 0.5) is 0 Å². The molecule has 0 saturated heterocycles. The summed E-state index contributed by atoms with van der Waals surface area (Å²) in [6.07, 6.45) is 6.67. The molecular weight excluding hydrogens is 224 g/mol. The van der Waals surface area contributed by atoms with Crippen LogP contribution < -0.4 is 5.32 Å². The topological polar surface area (TPSA) is 38.1 Å². The van der Waals surface area contributed by atoms with Gasteiger partial charge in [-0.1, -0.05) is 34.1 Å². The van der Waals surface area contributed by atoms with Crippen molar-refractivity contribution in [3.05, 3.63) is 17.8 Å². The van der Waals surface area contributed by atoms with Crippen molar-refractivity contribution in [2.75, 3.05) is 6.54 Å². The van der Waals surface area contributed by atoms with Crippen LogP contribution in [0, 0.1) is 5.41 Å². The summed E-state index contributed by atoms with van der Waals surface area (Å²) in [4.78, 5) is 4.42. The summed E-state index contributed by atoms with van der Waals surface area (Å²) in [6, 6.07) is 0.521. The molecular formula is C15H26N2O. The summed E-state index contributed by atoms with van der Waals surface area (Å²) in [7, 11) is 0. The minimum atomic E-state index is 0.368. The summed E-state index contributed by atoms with van der Waals surface area (Å²) in [5.41, 5.74) is 0.368. The highest BCUT2D eigenvalue weighted by molar-refractivity contribution is 5.09. The Hall–Kier alpha value is -0.830. The van der Waals surface area contributed by atoms with Crippen molar-refractivity contribution in [2.45, 2.75) is 65.3 Å². The molecule has 2 rings (SSSR count). The van der Waals surface area contributed by atoms with E-state index in [0.29, 0.717) is 17.4 Å². The molecule has 0 radical (unpaired) electrons. The summed E-state index contributed by atoms with van der Waals surface area (Å²) < 4.78 is 5.93. The fraction of sp³-hybridized carbons (Fsp3) is 0.800. The van der Waals surface area contributed by atoms with Crippen LogP contribution in [0.15, 0.2) is 10.6 Å². The predicted octanol–water partition coefficient (Wildman–Crippen LogP) is 3.51. The molecule has 1 unspecified atom stereocenters. The zero-order valence-electron chi connectivity index (χ0n) is 12.1. The average Bonchev–Trinajstić information content (AvgIpc) is 2.83. The molecule has 1 fully saturated rings. The predicted molar refractivity (Wildman–Crippen MR) is 73.7 cm³/mol. The van der Waals surface area contributed by atoms with Gasteiger partial charge in [-0.3, -0.25) is 0 Å². The van der Waals surface area contributed by atoms with E-state index in [-0.39, 0.29) is 0 Å². The molecule has 0 aromatic carbocycles. The van der Waals surface area contributed by atoms with E-state index in [2.05, 4.69) is 38.0 Å². The largest absolute Gasteiger partial charge is 0.445 e. The first-order valence-corrected chi connectivity index (χ1v) is 7.17. The third-order valence-corrected chi connectivity index (χ3v) is 4.06. The van der Waals surface area contributed by atoms with Crippen molar-refractivity contribution in [3.8, 4) is 0 Å². The van der Waals surface area contributed by atoms with E-state index >= 15 is 0 Å². The van der Waals surface area contributed by atoms with Crippen LogP contribution in [-0.4, -0.2) is 17.6 Å². The summed E-state index contributed by atoms with van der Waals surface area (Å²) in [6.45, 7) is 9.93. The van der Waals surface area contributed by atoms with Gasteiger partial charge in [-0.05, 0) is 18.3 Å². The molecule has 0 spiro atoms. The Bertz CT molecular complexity index is 382. The number of rotatable bonds is 5. The van der Waals surface area contributed by atoms with Gasteiger partial charge in [0, 0.05) is 24.9 Å². The smallest absolute Gasteiger partial charge is 0.195 e. The number of oxazole rings is 1. The SMILES string of the molecule is CC(C)NCCc1ncc(C2CCCC2(C)C)o1. The molecule has 1 aromatic heterocycles. The van der Waals surface area contributed by atoms with E-state index in [1.807, 2.05) is 6.20 Å². The Morgan fingerprint density at radius 3 is 2.89 bits per heavy atom. The molecule has 1 N–H and O–H groups in total. The molecule has 18 heavy (non-hydrogen) atoms. The molecule has 1 aliphatic carbocycles. The number of hydrogen-bond acceptors (Lipinski definition) is 3. The zero-order chi connectivity index (χ0) is 13.2. The summed E-state index contributed by atoms with van der Waals surface area (Å²) in [5.74, 6) is 2.52. The summed E-state index contributed by atoms with van der Waals surface area (Å²) in [5, 5.41) is 3.39. The second-order valence-corrected chi connectivity index (χ2v) is 6.45. The molecule has 1 aromatic rings. The lowest BCUT2D eigenvalue weighted by Crippen LogP contribution is -2.25. The molecule has 0 bridgehead atoms. The van der Waals surface area contributed by atoms with Crippen LogP contribution in [0.3, 0.4) is 0 Å². The van der Waals surface area contributed by atoms with Crippen molar-refractivity contribution in [2.24, 2.45) is 5.41 Å². The van der Waals surface area contributed by atoms with Crippen LogP contribution in [0.25, 0.3) is 0 Å². The molecule has 1 atom stereocenters. The first kappa shape index (κ1) is 13.6. The fourth-order valence-corrected chi connectivity index (χ4v) is 2.92. The van der Waals surface area contributed by atoms with Crippen molar-refractivity contribution in [1.29, 1.82) is 0 Å².